The van der Waals surface area contributed by atoms with Crippen molar-refractivity contribution in [3.8, 4) is 0 Å². The van der Waals surface area contributed by atoms with E-state index in [1.54, 1.807) is 0 Å². The maximum atomic E-state index is 11.3. The first-order valence-corrected chi connectivity index (χ1v) is 5.71. The van der Waals surface area contributed by atoms with Crippen molar-refractivity contribution in [2.75, 3.05) is 7.11 Å². The summed E-state index contributed by atoms with van der Waals surface area (Å²) in [7, 11) is 1.50. The Kier molecular flexibility index (Phi) is 3.22. The first kappa shape index (κ1) is 9.36. The van der Waals surface area contributed by atoms with E-state index in [2.05, 4.69) is 0 Å². The van der Waals surface area contributed by atoms with Gasteiger partial charge in [0.2, 0.25) is 0 Å². The standard InChI is InChI=1S/C8H13O2.Sn.H/c1-10-8(9)7-5-3-2-4-6-7;;/h2-6H2,1H3;;. The third kappa shape index (κ3) is 2.10. The Hall–Kier alpha value is 0.269. The van der Waals surface area contributed by atoms with Gasteiger partial charge in [0.05, 0.1) is 0 Å². The molecule has 1 fully saturated rings. The third-order valence-corrected chi connectivity index (χ3v) is 4.66. The van der Waals surface area contributed by atoms with E-state index in [1.165, 1.54) is 26.4 Å². The van der Waals surface area contributed by atoms with Crippen molar-refractivity contribution in [1.82, 2.24) is 0 Å². The molecule has 1 saturated carbocycles. The second kappa shape index (κ2) is 3.78. The van der Waals surface area contributed by atoms with E-state index in [1.807, 2.05) is 0 Å². The van der Waals surface area contributed by atoms with Gasteiger partial charge in [0.25, 0.3) is 0 Å². The molecule has 3 heteroatoms. The van der Waals surface area contributed by atoms with Gasteiger partial charge in [0.1, 0.15) is 0 Å². The predicted molar refractivity (Wildman–Crippen MR) is 44.9 cm³/mol. The zero-order valence-electron chi connectivity index (χ0n) is 6.93. The molecule has 62 valence electrons. The fourth-order valence-corrected chi connectivity index (χ4v) is 3.09. The van der Waals surface area contributed by atoms with Crippen LogP contribution in [0, 0.1) is 0 Å². The monoisotopic (exact) mass is 262 g/mol. The molecule has 0 bridgehead atoms. The molecule has 11 heavy (non-hydrogen) atoms. The van der Waals surface area contributed by atoms with Gasteiger partial charge < -0.3 is 0 Å². The topological polar surface area (TPSA) is 26.3 Å². The molecule has 0 aromatic heterocycles. The van der Waals surface area contributed by atoms with E-state index < -0.39 is 0 Å². The van der Waals surface area contributed by atoms with Gasteiger partial charge >= 0.3 is 80.7 Å². The average Bonchev–Trinajstić information content (AvgIpc) is 2.04. The number of carbonyl (C=O) groups is 1. The van der Waals surface area contributed by atoms with Crippen LogP contribution in [0.25, 0.3) is 0 Å². The molecular formula is C8H14O2Sn. The minimum absolute atomic E-state index is 0.0274. The van der Waals surface area contributed by atoms with Crippen LogP contribution in [0.2, 0.25) is 3.43 Å². The van der Waals surface area contributed by atoms with Crippen molar-refractivity contribution in [1.29, 1.82) is 0 Å². The summed E-state index contributed by atoms with van der Waals surface area (Å²) in [4.78, 5) is 11.3. The van der Waals surface area contributed by atoms with Gasteiger partial charge in [-0.15, -0.1) is 0 Å². The van der Waals surface area contributed by atoms with Gasteiger partial charge in [-0.05, 0) is 0 Å². The van der Waals surface area contributed by atoms with Crippen molar-refractivity contribution in [2.45, 2.75) is 35.5 Å². The molecule has 0 aromatic rings. The molecule has 1 aliphatic rings. The van der Waals surface area contributed by atoms with Crippen molar-refractivity contribution >= 4 is 28.5 Å². The molecule has 0 atom stereocenters. The van der Waals surface area contributed by atoms with Crippen LogP contribution in [0.1, 0.15) is 32.1 Å². The Morgan fingerprint density at radius 3 is 2.36 bits per heavy atom. The van der Waals surface area contributed by atoms with E-state index in [-0.39, 0.29) is 9.40 Å². The second-order valence-electron chi connectivity index (χ2n) is 3.21. The van der Waals surface area contributed by atoms with E-state index in [4.69, 9.17) is 4.74 Å². The molecule has 0 heterocycles. The summed E-state index contributed by atoms with van der Waals surface area (Å²) in [6, 6.07) is 0. The summed E-state index contributed by atoms with van der Waals surface area (Å²) in [6.07, 6.45) is 5.82. The average molecular weight is 261 g/mol. The van der Waals surface area contributed by atoms with Gasteiger partial charge in [0.15, 0.2) is 0 Å². The van der Waals surface area contributed by atoms with E-state index in [0.717, 1.165) is 35.4 Å². The molecule has 0 N–H and O–H groups in total. The molecular weight excluding hydrogens is 247 g/mol. The van der Waals surface area contributed by atoms with Crippen molar-refractivity contribution in [3.63, 3.8) is 0 Å². The summed E-state index contributed by atoms with van der Waals surface area (Å²) < 4.78 is 4.74. The molecule has 0 amide bonds. The van der Waals surface area contributed by atoms with Gasteiger partial charge in [-0.3, -0.25) is 0 Å². The normalized spacial score (nSPS) is 22.7. The maximum absolute atomic E-state index is 11.3. The van der Waals surface area contributed by atoms with Gasteiger partial charge in [0, 0.05) is 0 Å². The first-order valence-electron chi connectivity index (χ1n) is 4.06. The Bertz CT molecular complexity index is 150. The molecule has 0 spiro atoms. The van der Waals surface area contributed by atoms with E-state index in [9.17, 15) is 4.79 Å². The summed E-state index contributed by atoms with van der Waals surface area (Å²) in [6.45, 7) is 0. The van der Waals surface area contributed by atoms with Crippen LogP contribution in [0.4, 0.5) is 0 Å². The summed E-state index contributed by atoms with van der Waals surface area (Å²) in [5, 5.41) is 0. The van der Waals surface area contributed by atoms with Gasteiger partial charge in [-0.25, -0.2) is 0 Å². The van der Waals surface area contributed by atoms with Crippen molar-refractivity contribution < 1.29 is 9.53 Å². The number of hydrogen-bond donors (Lipinski definition) is 0. The number of carbonyl (C=O) groups excluding carboxylic acids is 1. The number of esters is 1. The van der Waals surface area contributed by atoms with Crippen LogP contribution in [-0.4, -0.2) is 35.6 Å². The Labute approximate surface area is 80.8 Å². The molecule has 1 aliphatic carbocycles. The van der Waals surface area contributed by atoms with E-state index >= 15 is 0 Å². The molecule has 0 aromatic carbocycles. The first-order chi connectivity index (χ1) is 5.19. The van der Waals surface area contributed by atoms with Gasteiger partial charge in [-0.2, -0.15) is 0 Å². The fraction of sp³-hybridized carbons (Fsp3) is 0.875. The summed E-state index contributed by atoms with van der Waals surface area (Å²) in [5.41, 5.74) is 0. The van der Waals surface area contributed by atoms with Crippen LogP contribution < -0.4 is 0 Å². The van der Waals surface area contributed by atoms with Gasteiger partial charge in [-0.1, -0.05) is 0 Å². The number of methoxy groups -OCH3 is 1. The number of rotatable bonds is 1. The zero-order valence-corrected chi connectivity index (χ0v) is 10.2. The molecule has 0 unspecified atom stereocenters. The van der Waals surface area contributed by atoms with E-state index in [0.29, 0.717) is 0 Å². The second-order valence-corrected chi connectivity index (χ2v) is 6.36. The van der Waals surface area contributed by atoms with Crippen molar-refractivity contribution in [2.24, 2.45) is 0 Å². The summed E-state index contributed by atoms with van der Waals surface area (Å²) >= 11 is 1.02. The summed E-state index contributed by atoms with van der Waals surface area (Å²) in [5.74, 6) is 0.0274. The molecule has 2 radical (unpaired) electrons. The molecule has 1 rings (SSSR count). The predicted octanol–water partition coefficient (Wildman–Crippen LogP) is 1.18. The van der Waals surface area contributed by atoms with Crippen molar-refractivity contribution in [3.05, 3.63) is 0 Å². The zero-order chi connectivity index (χ0) is 8.32. The molecule has 2 nitrogen and oxygen atoms in total. The van der Waals surface area contributed by atoms with Crippen LogP contribution in [-0.2, 0) is 9.53 Å². The number of hydrogen-bond acceptors (Lipinski definition) is 2. The quantitative estimate of drug-likeness (QED) is 0.523. The third-order valence-electron chi connectivity index (χ3n) is 2.34. The molecule has 0 saturated heterocycles. The fourth-order valence-electron chi connectivity index (χ4n) is 1.59. The van der Waals surface area contributed by atoms with Crippen LogP contribution >= 0.6 is 0 Å². The minimum atomic E-state index is -0.0436. The Morgan fingerprint density at radius 1 is 1.36 bits per heavy atom. The van der Waals surface area contributed by atoms with Crippen LogP contribution in [0.3, 0.4) is 0 Å². The molecule has 0 aliphatic heterocycles. The Balaban J connectivity index is 2.56. The number of ether oxygens (including phenoxy) is 1. The Morgan fingerprint density at radius 2 is 1.91 bits per heavy atom. The van der Waals surface area contributed by atoms with Crippen LogP contribution in [0.5, 0.6) is 0 Å². The van der Waals surface area contributed by atoms with Crippen LogP contribution in [0.15, 0.2) is 0 Å². The SMILES string of the molecule is COC(=O)[C]1([SnH])CCCCC1.